The second-order valence-corrected chi connectivity index (χ2v) is 2.87. The first-order valence-corrected chi connectivity index (χ1v) is 4.00. The predicted molar refractivity (Wildman–Crippen MR) is 46.7 cm³/mol. The molecule has 14 heavy (non-hydrogen) atoms. The van der Waals surface area contributed by atoms with E-state index in [-0.39, 0.29) is 5.39 Å². The van der Waals surface area contributed by atoms with Crippen molar-refractivity contribution in [2.45, 2.75) is 6.43 Å². The number of rotatable bonds is 1. The third-order valence-corrected chi connectivity index (χ3v) is 2.02. The Morgan fingerprint density at radius 2 is 1.93 bits per heavy atom. The highest BCUT2D eigenvalue weighted by atomic mass is 19.3. The van der Waals surface area contributed by atoms with Gasteiger partial charge < -0.3 is 0 Å². The number of fused-ring (bicyclic) bond motifs is 1. The summed E-state index contributed by atoms with van der Waals surface area (Å²) in [5.74, 6) is -0.861. The Hall–Kier alpha value is -1.58. The van der Waals surface area contributed by atoms with Crippen LogP contribution in [0.5, 0.6) is 0 Å². The van der Waals surface area contributed by atoms with Gasteiger partial charge in [0.05, 0.1) is 5.56 Å². The molecule has 1 aromatic heterocycles. The van der Waals surface area contributed by atoms with Crippen molar-refractivity contribution in [1.29, 1.82) is 0 Å². The molecule has 0 saturated heterocycles. The summed E-state index contributed by atoms with van der Waals surface area (Å²) < 4.78 is 38.0. The lowest BCUT2D eigenvalue weighted by Gasteiger charge is -2.04. The van der Waals surface area contributed by atoms with Gasteiger partial charge in [-0.3, -0.25) is 4.98 Å². The molecular weight excluding hydrogens is 191 g/mol. The molecule has 1 heterocycles. The standard InChI is InChI=1S/C10H6F3N/c11-9-7-3-4-14-5-6(7)1-2-8(9)10(12)13/h1-5,10H. The number of benzene rings is 1. The summed E-state index contributed by atoms with van der Waals surface area (Å²) in [6.45, 7) is 0. The van der Waals surface area contributed by atoms with Crippen LogP contribution in [0.15, 0.2) is 30.6 Å². The number of nitrogens with zero attached hydrogens (tertiary/aromatic N) is 1. The monoisotopic (exact) mass is 197 g/mol. The van der Waals surface area contributed by atoms with E-state index in [9.17, 15) is 13.2 Å². The van der Waals surface area contributed by atoms with Crippen LogP contribution in [0, 0.1) is 5.82 Å². The molecule has 0 unspecified atom stereocenters. The molecule has 1 aromatic carbocycles. The lowest BCUT2D eigenvalue weighted by molar-refractivity contribution is 0.147. The number of hydrogen-bond acceptors (Lipinski definition) is 1. The Bertz CT molecular complexity index is 468. The van der Waals surface area contributed by atoms with Crippen molar-refractivity contribution in [1.82, 2.24) is 4.98 Å². The van der Waals surface area contributed by atoms with Crippen molar-refractivity contribution in [3.8, 4) is 0 Å². The summed E-state index contributed by atoms with van der Waals surface area (Å²) >= 11 is 0. The largest absolute Gasteiger partial charge is 0.266 e. The minimum absolute atomic E-state index is 0.179. The van der Waals surface area contributed by atoms with Gasteiger partial charge in [-0.25, -0.2) is 13.2 Å². The molecular formula is C10H6F3N. The number of aromatic nitrogens is 1. The van der Waals surface area contributed by atoms with E-state index >= 15 is 0 Å². The summed E-state index contributed by atoms with van der Waals surface area (Å²) in [7, 11) is 0. The molecule has 2 rings (SSSR count). The van der Waals surface area contributed by atoms with E-state index in [4.69, 9.17) is 0 Å². The first-order valence-electron chi connectivity index (χ1n) is 4.00. The van der Waals surface area contributed by atoms with E-state index < -0.39 is 17.8 Å². The highest BCUT2D eigenvalue weighted by Gasteiger charge is 2.15. The molecule has 72 valence electrons. The third-order valence-electron chi connectivity index (χ3n) is 2.02. The number of alkyl halides is 2. The van der Waals surface area contributed by atoms with Crippen molar-refractivity contribution < 1.29 is 13.2 Å². The van der Waals surface area contributed by atoms with Crippen molar-refractivity contribution in [2.75, 3.05) is 0 Å². The Kier molecular flexibility index (Phi) is 2.11. The van der Waals surface area contributed by atoms with Crippen LogP contribution in [0.4, 0.5) is 13.2 Å². The predicted octanol–water partition coefficient (Wildman–Crippen LogP) is 3.31. The van der Waals surface area contributed by atoms with Gasteiger partial charge >= 0.3 is 0 Å². The molecule has 0 saturated carbocycles. The second-order valence-electron chi connectivity index (χ2n) is 2.87. The summed E-state index contributed by atoms with van der Waals surface area (Å²) in [5.41, 5.74) is -0.566. The van der Waals surface area contributed by atoms with Gasteiger partial charge in [0.25, 0.3) is 6.43 Å². The van der Waals surface area contributed by atoms with Crippen molar-refractivity contribution in [3.05, 3.63) is 42.0 Å². The van der Waals surface area contributed by atoms with Gasteiger partial charge in [-0.1, -0.05) is 6.07 Å². The zero-order valence-electron chi connectivity index (χ0n) is 7.05. The van der Waals surface area contributed by atoms with Crippen LogP contribution in [-0.4, -0.2) is 4.98 Å². The van der Waals surface area contributed by atoms with Crippen LogP contribution < -0.4 is 0 Å². The SMILES string of the molecule is Fc1c(C(F)F)ccc2cnccc12. The van der Waals surface area contributed by atoms with Gasteiger partial charge in [0.1, 0.15) is 5.82 Å². The molecule has 4 heteroatoms. The second kappa shape index (κ2) is 3.29. The van der Waals surface area contributed by atoms with E-state index in [1.165, 1.54) is 24.5 Å². The lowest BCUT2D eigenvalue weighted by atomic mass is 10.1. The topological polar surface area (TPSA) is 12.9 Å². The Labute approximate surface area is 78.2 Å². The number of hydrogen-bond donors (Lipinski definition) is 0. The normalized spacial score (nSPS) is 11.1. The first-order chi connectivity index (χ1) is 6.70. The van der Waals surface area contributed by atoms with Crippen LogP contribution in [0.2, 0.25) is 0 Å². The van der Waals surface area contributed by atoms with Gasteiger partial charge in [-0.15, -0.1) is 0 Å². The molecule has 0 amide bonds. The molecule has 0 N–H and O–H groups in total. The fourth-order valence-corrected chi connectivity index (χ4v) is 1.32. The lowest BCUT2D eigenvalue weighted by Crippen LogP contribution is -1.91. The van der Waals surface area contributed by atoms with E-state index in [0.29, 0.717) is 5.39 Å². The highest BCUT2D eigenvalue weighted by Crippen LogP contribution is 2.27. The van der Waals surface area contributed by atoms with E-state index in [0.717, 1.165) is 6.07 Å². The first kappa shape index (κ1) is 8.99. The maximum Gasteiger partial charge on any atom is 0.266 e. The summed E-state index contributed by atoms with van der Waals surface area (Å²) in [4.78, 5) is 3.77. The van der Waals surface area contributed by atoms with Gasteiger partial charge in [0, 0.05) is 23.2 Å². The fraction of sp³-hybridized carbons (Fsp3) is 0.100. The molecule has 0 radical (unpaired) electrons. The highest BCUT2D eigenvalue weighted by molar-refractivity contribution is 5.82. The Morgan fingerprint density at radius 3 is 2.64 bits per heavy atom. The Balaban J connectivity index is 2.75. The maximum atomic E-state index is 13.4. The fourth-order valence-electron chi connectivity index (χ4n) is 1.32. The molecule has 0 aliphatic heterocycles. The van der Waals surface area contributed by atoms with Crippen molar-refractivity contribution >= 4 is 10.8 Å². The number of halogens is 3. The average Bonchev–Trinajstić information content (AvgIpc) is 2.18. The molecule has 0 fully saturated rings. The smallest absolute Gasteiger partial charge is 0.264 e. The molecule has 0 aliphatic rings. The van der Waals surface area contributed by atoms with E-state index in [1.54, 1.807) is 0 Å². The summed E-state index contributed by atoms with van der Waals surface area (Å²) in [6, 6.07) is 3.91. The zero-order chi connectivity index (χ0) is 10.1. The van der Waals surface area contributed by atoms with Crippen LogP contribution in [0.25, 0.3) is 10.8 Å². The van der Waals surface area contributed by atoms with Crippen molar-refractivity contribution in [3.63, 3.8) is 0 Å². The van der Waals surface area contributed by atoms with Crippen LogP contribution >= 0.6 is 0 Å². The molecule has 1 nitrogen and oxygen atoms in total. The Morgan fingerprint density at radius 1 is 1.14 bits per heavy atom. The molecule has 0 bridgehead atoms. The third kappa shape index (κ3) is 1.32. The van der Waals surface area contributed by atoms with Gasteiger partial charge in [0.15, 0.2) is 0 Å². The quantitative estimate of drug-likeness (QED) is 0.683. The summed E-state index contributed by atoms with van der Waals surface area (Å²) in [6.07, 6.45) is 0.0292. The van der Waals surface area contributed by atoms with Crippen LogP contribution in [0.3, 0.4) is 0 Å². The number of pyridine rings is 1. The van der Waals surface area contributed by atoms with Crippen LogP contribution in [-0.2, 0) is 0 Å². The van der Waals surface area contributed by atoms with E-state index in [2.05, 4.69) is 4.98 Å². The summed E-state index contributed by atoms with van der Waals surface area (Å²) in [5, 5.41) is 0.701. The molecule has 2 aromatic rings. The minimum Gasteiger partial charge on any atom is -0.264 e. The van der Waals surface area contributed by atoms with E-state index in [1.807, 2.05) is 0 Å². The molecule has 0 atom stereocenters. The molecule has 0 aliphatic carbocycles. The maximum absolute atomic E-state index is 13.4. The van der Waals surface area contributed by atoms with Crippen LogP contribution in [0.1, 0.15) is 12.0 Å². The minimum atomic E-state index is -2.78. The van der Waals surface area contributed by atoms with Crippen molar-refractivity contribution in [2.24, 2.45) is 0 Å². The van der Waals surface area contributed by atoms with Gasteiger partial charge in [-0.05, 0) is 12.1 Å². The zero-order valence-corrected chi connectivity index (χ0v) is 7.05. The average molecular weight is 197 g/mol. The molecule has 0 spiro atoms. The van der Waals surface area contributed by atoms with Gasteiger partial charge in [0.2, 0.25) is 0 Å². The van der Waals surface area contributed by atoms with Gasteiger partial charge in [-0.2, -0.15) is 0 Å².